The molecule has 1 aliphatic heterocycles. The van der Waals surface area contributed by atoms with Gasteiger partial charge in [0, 0.05) is 11.1 Å². The molecule has 2 rings (SSSR count). The fourth-order valence-electron chi connectivity index (χ4n) is 1.28. The lowest BCUT2D eigenvalue weighted by Crippen LogP contribution is -2.31. The van der Waals surface area contributed by atoms with Crippen LogP contribution < -0.4 is 10.2 Å². The van der Waals surface area contributed by atoms with Crippen LogP contribution in [0.1, 0.15) is 0 Å². The summed E-state index contributed by atoms with van der Waals surface area (Å²) < 4.78 is 0. The van der Waals surface area contributed by atoms with E-state index in [0.717, 1.165) is 4.90 Å². The molecule has 2 heterocycles. The van der Waals surface area contributed by atoms with Gasteiger partial charge < -0.3 is 5.32 Å². The number of rotatable bonds is 2. The van der Waals surface area contributed by atoms with Crippen molar-refractivity contribution in [2.75, 3.05) is 10.7 Å². The van der Waals surface area contributed by atoms with Crippen LogP contribution in [0.3, 0.4) is 0 Å². The van der Waals surface area contributed by atoms with Crippen molar-refractivity contribution in [3.05, 3.63) is 16.8 Å². The lowest BCUT2D eigenvalue weighted by Gasteiger charge is -2.09. The molecule has 3 amide bonds. The van der Waals surface area contributed by atoms with Crippen LogP contribution in [-0.2, 0) is 4.79 Å². The molecule has 6 heteroatoms. The molecule has 1 atom stereocenters. The second-order valence-electron chi connectivity index (χ2n) is 2.84. The Morgan fingerprint density at radius 3 is 2.86 bits per heavy atom. The van der Waals surface area contributed by atoms with E-state index in [1.54, 1.807) is 11.4 Å². The normalized spacial score (nSPS) is 21.5. The van der Waals surface area contributed by atoms with E-state index in [9.17, 15) is 9.59 Å². The van der Waals surface area contributed by atoms with Gasteiger partial charge in [-0.15, -0.1) is 0 Å². The van der Waals surface area contributed by atoms with Gasteiger partial charge in [0.1, 0.15) is 6.04 Å². The van der Waals surface area contributed by atoms with Crippen LogP contribution in [0.15, 0.2) is 16.8 Å². The molecule has 1 aromatic heterocycles. The van der Waals surface area contributed by atoms with Crippen molar-refractivity contribution in [2.45, 2.75) is 6.04 Å². The Balaban J connectivity index is 2.29. The maximum Gasteiger partial charge on any atom is 0.329 e. The van der Waals surface area contributed by atoms with Crippen LogP contribution in [0.5, 0.6) is 0 Å². The first-order valence-corrected chi connectivity index (χ1v) is 5.59. The van der Waals surface area contributed by atoms with Gasteiger partial charge in [0.15, 0.2) is 0 Å². The molecular weight excluding hydrogens is 220 g/mol. The van der Waals surface area contributed by atoms with E-state index >= 15 is 0 Å². The molecule has 14 heavy (non-hydrogen) atoms. The number of anilines is 1. The molecule has 1 N–H and O–H groups in total. The van der Waals surface area contributed by atoms with Gasteiger partial charge >= 0.3 is 6.03 Å². The highest BCUT2D eigenvalue weighted by Crippen LogP contribution is 2.22. The Morgan fingerprint density at radius 2 is 2.36 bits per heavy atom. The Bertz CT molecular complexity index is 363. The van der Waals surface area contributed by atoms with Crippen LogP contribution in [0, 0.1) is 0 Å². The summed E-state index contributed by atoms with van der Waals surface area (Å²) in [6.07, 6.45) is 0. The topological polar surface area (TPSA) is 49.4 Å². The van der Waals surface area contributed by atoms with E-state index in [2.05, 4.69) is 17.9 Å². The quantitative estimate of drug-likeness (QED) is 0.588. The fourth-order valence-corrected chi connectivity index (χ4v) is 2.15. The minimum Gasteiger partial charge on any atom is -0.325 e. The predicted octanol–water partition coefficient (Wildman–Crippen LogP) is 1.10. The standard InChI is InChI=1S/C8H8N2O2S2/c11-7-6(3-13)9-8(12)10(7)5-1-2-14-4-5/h1-2,4,6,13H,3H2,(H,9,12)/t6-/m0/s1. The largest absolute Gasteiger partial charge is 0.329 e. The lowest BCUT2D eigenvalue weighted by molar-refractivity contribution is -0.117. The number of imide groups is 1. The van der Waals surface area contributed by atoms with Crippen LogP contribution in [-0.4, -0.2) is 23.7 Å². The molecule has 0 bridgehead atoms. The third-order valence-electron chi connectivity index (χ3n) is 1.97. The number of thiol groups is 1. The van der Waals surface area contributed by atoms with E-state index in [4.69, 9.17) is 0 Å². The van der Waals surface area contributed by atoms with E-state index in [1.807, 2.05) is 5.38 Å². The molecular formula is C8H8N2O2S2. The summed E-state index contributed by atoms with van der Waals surface area (Å²) in [5.41, 5.74) is 0.627. The number of carbonyl (C=O) groups excluding carboxylic acids is 2. The number of thiophene rings is 1. The number of hydrogen-bond acceptors (Lipinski definition) is 4. The first kappa shape index (κ1) is 9.54. The summed E-state index contributed by atoms with van der Waals surface area (Å²) in [6.45, 7) is 0. The number of nitrogens with one attached hydrogen (secondary N) is 1. The van der Waals surface area contributed by atoms with Gasteiger partial charge in [-0.2, -0.15) is 24.0 Å². The number of carbonyl (C=O) groups is 2. The molecule has 1 saturated heterocycles. The van der Waals surface area contributed by atoms with Crippen molar-refractivity contribution in [3.8, 4) is 0 Å². The Kier molecular flexibility index (Phi) is 2.47. The summed E-state index contributed by atoms with van der Waals surface area (Å²) >= 11 is 5.44. The first-order valence-electron chi connectivity index (χ1n) is 4.01. The van der Waals surface area contributed by atoms with Gasteiger partial charge in [0.25, 0.3) is 5.91 Å². The highest BCUT2D eigenvalue weighted by molar-refractivity contribution is 7.80. The van der Waals surface area contributed by atoms with Crippen molar-refractivity contribution in [1.82, 2.24) is 5.32 Å². The van der Waals surface area contributed by atoms with Crippen molar-refractivity contribution in [1.29, 1.82) is 0 Å². The molecule has 74 valence electrons. The van der Waals surface area contributed by atoms with Gasteiger partial charge in [-0.05, 0) is 11.4 Å². The van der Waals surface area contributed by atoms with E-state index in [0.29, 0.717) is 11.4 Å². The molecule has 0 radical (unpaired) electrons. The van der Waals surface area contributed by atoms with E-state index < -0.39 is 6.04 Å². The second kappa shape index (κ2) is 3.62. The Hall–Kier alpha value is -1.01. The minimum absolute atomic E-state index is 0.233. The van der Waals surface area contributed by atoms with Crippen LogP contribution in [0.25, 0.3) is 0 Å². The minimum atomic E-state index is -0.495. The molecule has 0 unspecified atom stereocenters. The highest BCUT2D eigenvalue weighted by atomic mass is 32.1. The maximum atomic E-state index is 11.6. The van der Waals surface area contributed by atoms with Crippen LogP contribution in [0.4, 0.5) is 10.5 Å². The third-order valence-corrected chi connectivity index (χ3v) is 3.00. The second-order valence-corrected chi connectivity index (χ2v) is 3.99. The van der Waals surface area contributed by atoms with Crippen LogP contribution in [0.2, 0.25) is 0 Å². The summed E-state index contributed by atoms with van der Waals surface area (Å²) in [7, 11) is 0. The van der Waals surface area contributed by atoms with Gasteiger partial charge in [0.2, 0.25) is 0 Å². The monoisotopic (exact) mass is 228 g/mol. The Morgan fingerprint density at radius 1 is 1.57 bits per heavy atom. The average Bonchev–Trinajstić information content (AvgIpc) is 2.74. The zero-order valence-electron chi connectivity index (χ0n) is 7.14. The summed E-state index contributed by atoms with van der Waals surface area (Å²) in [6, 6.07) is 0.876. The van der Waals surface area contributed by atoms with Gasteiger partial charge in [-0.3, -0.25) is 4.79 Å². The van der Waals surface area contributed by atoms with E-state index in [-0.39, 0.29) is 11.9 Å². The average molecular weight is 228 g/mol. The van der Waals surface area contributed by atoms with Gasteiger partial charge in [-0.25, -0.2) is 9.69 Å². The van der Waals surface area contributed by atoms with Crippen molar-refractivity contribution in [2.24, 2.45) is 0 Å². The van der Waals surface area contributed by atoms with Gasteiger partial charge in [0.05, 0.1) is 5.69 Å². The maximum absolute atomic E-state index is 11.6. The van der Waals surface area contributed by atoms with Crippen molar-refractivity contribution < 1.29 is 9.59 Å². The fraction of sp³-hybridized carbons (Fsp3) is 0.250. The highest BCUT2D eigenvalue weighted by Gasteiger charge is 2.38. The molecule has 1 aromatic rings. The smallest absolute Gasteiger partial charge is 0.325 e. The summed E-state index contributed by atoms with van der Waals surface area (Å²) in [4.78, 5) is 24.2. The molecule has 0 aliphatic carbocycles. The van der Waals surface area contributed by atoms with Gasteiger partial charge in [-0.1, -0.05) is 0 Å². The molecule has 4 nitrogen and oxygen atoms in total. The third kappa shape index (κ3) is 1.40. The first-order chi connectivity index (χ1) is 6.74. The van der Waals surface area contributed by atoms with Crippen LogP contribution >= 0.6 is 24.0 Å². The molecule has 1 fully saturated rings. The zero-order valence-corrected chi connectivity index (χ0v) is 8.85. The number of nitrogens with zero attached hydrogens (tertiary/aromatic N) is 1. The summed E-state index contributed by atoms with van der Waals surface area (Å²) in [5.74, 6) is 0.0917. The number of amides is 3. The SMILES string of the molecule is O=C1N[C@@H](CS)C(=O)N1c1ccsc1. The lowest BCUT2D eigenvalue weighted by atomic mass is 10.3. The molecule has 1 aliphatic rings. The summed E-state index contributed by atoms with van der Waals surface area (Å²) in [5, 5.41) is 6.14. The Labute approximate surface area is 90.3 Å². The molecule has 0 spiro atoms. The molecule has 0 aromatic carbocycles. The van der Waals surface area contributed by atoms with Crippen molar-refractivity contribution >= 4 is 41.6 Å². The number of urea groups is 1. The zero-order chi connectivity index (χ0) is 10.1. The molecule has 0 saturated carbocycles. The predicted molar refractivity (Wildman–Crippen MR) is 58.0 cm³/mol. The van der Waals surface area contributed by atoms with Crippen molar-refractivity contribution in [3.63, 3.8) is 0 Å². The van der Waals surface area contributed by atoms with E-state index in [1.165, 1.54) is 11.3 Å². The number of hydrogen-bond donors (Lipinski definition) is 2.